The Labute approximate surface area is 166 Å². The van der Waals surface area contributed by atoms with Crippen LogP contribution in [-0.2, 0) is 14.8 Å². The van der Waals surface area contributed by atoms with Crippen molar-refractivity contribution < 1.29 is 13.2 Å². The zero-order valence-corrected chi connectivity index (χ0v) is 17.3. The molecule has 0 fully saturated rings. The van der Waals surface area contributed by atoms with Crippen molar-refractivity contribution in [3.05, 3.63) is 30.6 Å². The number of hydrogen-bond acceptors (Lipinski definition) is 8. The normalized spacial score (nSPS) is 11.6. The molecule has 2 rings (SSSR count). The van der Waals surface area contributed by atoms with E-state index < -0.39 is 10.0 Å². The van der Waals surface area contributed by atoms with E-state index in [1.165, 1.54) is 10.6 Å². The molecule has 0 aliphatic carbocycles. The second kappa shape index (κ2) is 10.2. The second-order valence-corrected chi connectivity index (χ2v) is 7.93. The molecule has 2 aromatic rings. The Morgan fingerprint density at radius 1 is 1.11 bits per heavy atom. The van der Waals surface area contributed by atoms with E-state index in [-0.39, 0.29) is 4.90 Å². The molecule has 9 nitrogen and oxygen atoms in total. The first kappa shape index (κ1) is 21.9. The van der Waals surface area contributed by atoms with E-state index in [9.17, 15) is 8.42 Å². The first-order valence-corrected chi connectivity index (χ1v) is 10.6. The smallest absolute Gasteiger partial charge is 0.243 e. The molecule has 154 valence electrons. The highest BCUT2D eigenvalue weighted by Crippen LogP contribution is 2.26. The summed E-state index contributed by atoms with van der Waals surface area (Å²) in [5, 5.41) is 6.25. The Balaban J connectivity index is 2.12. The lowest BCUT2D eigenvalue weighted by molar-refractivity contribution is 0.198. The van der Waals surface area contributed by atoms with Crippen molar-refractivity contribution in [2.24, 2.45) is 0 Å². The average Bonchev–Trinajstić information content (AvgIpc) is 2.69. The monoisotopic (exact) mass is 408 g/mol. The van der Waals surface area contributed by atoms with Crippen molar-refractivity contribution in [2.75, 3.05) is 49.7 Å². The number of methoxy groups -OCH3 is 1. The third kappa shape index (κ3) is 5.31. The maximum atomic E-state index is 12.6. The zero-order chi connectivity index (χ0) is 20.6. The van der Waals surface area contributed by atoms with Crippen LogP contribution in [0.1, 0.15) is 20.3 Å². The van der Waals surface area contributed by atoms with Gasteiger partial charge in [0.25, 0.3) is 0 Å². The molecule has 0 aliphatic rings. The Bertz CT molecular complexity index is 854. The number of anilines is 4. The number of hydrogen-bond donors (Lipinski definition) is 3. The minimum absolute atomic E-state index is 0.248. The molecule has 0 aliphatic heterocycles. The molecule has 0 atom stereocenters. The standard InChI is InChI=1S/C18H28N6O3S/c1-4-24(5-2)28(25,26)15-9-7-14(8-10-15)23-18-16(19)17(21-13-22-18)20-11-6-12-27-3/h7-10,13H,4-6,11-12,19H2,1-3H3,(H2,20,21,22,23). The zero-order valence-electron chi connectivity index (χ0n) is 16.5. The van der Waals surface area contributed by atoms with Crippen molar-refractivity contribution in [1.29, 1.82) is 0 Å². The number of nitrogens with two attached hydrogens (primary N) is 1. The molecule has 1 aromatic heterocycles. The highest BCUT2D eigenvalue weighted by Gasteiger charge is 2.21. The van der Waals surface area contributed by atoms with E-state index in [0.717, 1.165) is 6.42 Å². The van der Waals surface area contributed by atoms with Crippen LogP contribution in [0.3, 0.4) is 0 Å². The van der Waals surface area contributed by atoms with E-state index in [1.807, 2.05) is 13.8 Å². The SMILES string of the molecule is CCN(CC)S(=O)(=O)c1ccc(Nc2ncnc(NCCCOC)c2N)cc1. The van der Waals surface area contributed by atoms with Crippen molar-refractivity contribution >= 4 is 33.0 Å². The Kier molecular flexibility index (Phi) is 7.97. The summed E-state index contributed by atoms with van der Waals surface area (Å²) in [4.78, 5) is 8.56. The van der Waals surface area contributed by atoms with Gasteiger partial charge in [-0.3, -0.25) is 0 Å². The molecule has 4 N–H and O–H groups in total. The molecular formula is C18H28N6O3S. The van der Waals surface area contributed by atoms with Gasteiger partial charge in [0.1, 0.15) is 12.0 Å². The number of benzene rings is 1. The summed E-state index contributed by atoms with van der Waals surface area (Å²) < 4.78 is 31.5. The lowest BCUT2D eigenvalue weighted by atomic mass is 10.3. The van der Waals surface area contributed by atoms with Crippen LogP contribution in [0.4, 0.5) is 23.0 Å². The highest BCUT2D eigenvalue weighted by molar-refractivity contribution is 7.89. The lowest BCUT2D eigenvalue weighted by Crippen LogP contribution is -2.30. The molecule has 0 radical (unpaired) electrons. The summed E-state index contributed by atoms with van der Waals surface area (Å²) in [6, 6.07) is 6.50. The largest absolute Gasteiger partial charge is 0.393 e. The molecule has 28 heavy (non-hydrogen) atoms. The topological polar surface area (TPSA) is 122 Å². The molecule has 0 saturated carbocycles. The van der Waals surface area contributed by atoms with E-state index in [1.54, 1.807) is 31.4 Å². The van der Waals surface area contributed by atoms with E-state index in [4.69, 9.17) is 10.5 Å². The van der Waals surface area contributed by atoms with Crippen LogP contribution in [-0.4, -0.2) is 56.0 Å². The number of nitrogen functional groups attached to an aromatic ring is 1. The summed E-state index contributed by atoms with van der Waals surface area (Å²) >= 11 is 0. The number of nitrogens with zero attached hydrogens (tertiary/aromatic N) is 3. The molecular weight excluding hydrogens is 380 g/mol. The average molecular weight is 409 g/mol. The molecule has 0 spiro atoms. The lowest BCUT2D eigenvalue weighted by Gasteiger charge is -2.18. The second-order valence-electron chi connectivity index (χ2n) is 6.00. The Morgan fingerprint density at radius 2 is 1.75 bits per heavy atom. The number of rotatable bonds is 11. The summed E-state index contributed by atoms with van der Waals surface area (Å²) in [6.45, 7) is 5.80. The van der Waals surface area contributed by atoms with E-state index in [2.05, 4.69) is 20.6 Å². The molecule has 10 heteroatoms. The van der Waals surface area contributed by atoms with Gasteiger partial charge in [0.15, 0.2) is 11.6 Å². The fourth-order valence-corrected chi connectivity index (χ4v) is 4.08. The van der Waals surface area contributed by atoms with Crippen LogP contribution in [0.25, 0.3) is 0 Å². The first-order valence-electron chi connectivity index (χ1n) is 9.14. The van der Waals surface area contributed by atoms with Crippen LogP contribution in [0.15, 0.2) is 35.5 Å². The molecule has 1 heterocycles. The predicted molar refractivity (Wildman–Crippen MR) is 111 cm³/mol. The van der Waals surface area contributed by atoms with Gasteiger partial charge >= 0.3 is 0 Å². The fraction of sp³-hybridized carbons (Fsp3) is 0.444. The van der Waals surface area contributed by atoms with Gasteiger partial charge in [-0.05, 0) is 30.7 Å². The number of sulfonamides is 1. The van der Waals surface area contributed by atoms with Crippen LogP contribution < -0.4 is 16.4 Å². The molecule has 1 aromatic carbocycles. The Morgan fingerprint density at radius 3 is 2.36 bits per heavy atom. The van der Waals surface area contributed by atoms with E-state index in [0.29, 0.717) is 49.3 Å². The van der Waals surface area contributed by atoms with Gasteiger partial charge in [-0.25, -0.2) is 18.4 Å². The van der Waals surface area contributed by atoms with Gasteiger partial charge < -0.3 is 21.1 Å². The van der Waals surface area contributed by atoms with Crippen molar-refractivity contribution in [3.8, 4) is 0 Å². The Hall–Kier alpha value is -2.43. The minimum atomic E-state index is -3.49. The molecule has 0 bridgehead atoms. The molecule has 0 unspecified atom stereocenters. The van der Waals surface area contributed by atoms with Crippen LogP contribution in [0.5, 0.6) is 0 Å². The van der Waals surface area contributed by atoms with Crippen molar-refractivity contribution in [3.63, 3.8) is 0 Å². The number of ether oxygens (including phenoxy) is 1. The van der Waals surface area contributed by atoms with Crippen molar-refractivity contribution in [1.82, 2.24) is 14.3 Å². The van der Waals surface area contributed by atoms with E-state index >= 15 is 0 Å². The highest BCUT2D eigenvalue weighted by atomic mass is 32.2. The summed E-state index contributed by atoms with van der Waals surface area (Å²) in [7, 11) is -1.83. The number of nitrogens with one attached hydrogen (secondary N) is 2. The molecule has 0 amide bonds. The third-order valence-electron chi connectivity index (χ3n) is 4.16. The fourth-order valence-electron chi connectivity index (χ4n) is 2.62. The first-order chi connectivity index (χ1) is 13.4. The maximum absolute atomic E-state index is 12.6. The van der Waals surface area contributed by atoms with Gasteiger partial charge in [0, 0.05) is 39.0 Å². The summed E-state index contributed by atoms with van der Waals surface area (Å²) in [5.41, 5.74) is 7.20. The van der Waals surface area contributed by atoms with Gasteiger partial charge in [-0.2, -0.15) is 4.31 Å². The van der Waals surface area contributed by atoms with Crippen molar-refractivity contribution in [2.45, 2.75) is 25.2 Å². The summed E-state index contributed by atoms with van der Waals surface area (Å²) in [5.74, 6) is 0.984. The quantitative estimate of drug-likeness (QED) is 0.484. The summed E-state index contributed by atoms with van der Waals surface area (Å²) in [6.07, 6.45) is 2.24. The third-order valence-corrected chi connectivity index (χ3v) is 6.23. The van der Waals surface area contributed by atoms with Gasteiger partial charge in [-0.15, -0.1) is 0 Å². The van der Waals surface area contributed by atoms with Crippen LogP contribution in [0, 0.1) is 0 Å². The number of aromatic nitrogens is 2. The van der Waals surface area contributed by atoms with Crippen LogP contribution >= 0.6 is 0 Å². The van der Waals surface area contributed by atoms with Gasteiger partial charge in [-0.1, -0.05) is 13.8 Å². The predicted octanol–water partition coefficient (Wildman–Crippen LogP) is 2.28. The molecule has 0 saturated heterocycles. The van der Waals surface area contributed by atoms with Gasteiger partial charge in [0.2, 0.25) is 10.0 Å². The minimum Gasteiger partial charge on any atom is -0.393 e. The van der Waals surface area contributed by atoms with Crippen LogP contribution in [0.2, 0.25) is 0 Å². The van der Waals surface area contributed by atoms with Gasteiger partial charge in [0.05, 0.1) is 4.90 Å². The maximum Gasteiger partial charge on any atom is 0.243 e.